The fourth-order valence-electron chi connectivity index (χ4n) is 1.81. The molecule has 0 aromatic carbocycles. The Balaban J connectivity index is 1.99. The molecule has 94 valence electrons. The molecule has 0 saturated carbocycles. The maximum atomic E-state index is 4.56. The van der Waals surface area contributed by atoms with Crippen LogP contribution in [0.1, 0.15) is 32.5 Å². The highest BCUT2D eigenvalue weighted by atomic mass is 32.2. The Labute approximate surface area is 106 Å². The first-order chi connectivity index (χ1) is 8.19. The van der Waals surface area contributed by atoms with E-state index in [1.807, 2.05) is 23.4 Å². The molecule has 1 fully saturated rings. The summed E-state index contributed by atoms with van der Waals surface area (Å²) in [5, 5.41) is 12.4. The molecule has 5 nitrogen and oxygen atoms in total. The predicted octanol–water partition coefficient (Wildman–Crippen LogP) is 1.57. The standard InChI is InChI=1S/C11H19N5S/c1-4-11(5-2)7-17-10(14-11)12-6-9-15-13-8-16(9)3/h8H,4-7H2,1-3H3,(H,12,14). The van der Waals surface area contributed by atoms with Crippen molar-refractivity contribution in [3.8, 4) is 0 Å². The van der Waals surface area contributed by atoms with Gasteiger partial charge in [0.1, 0.15) is 12.9 Å². The third kappa shape index (κ3) is 2.62. The maximum Gasteiger partial charge on any atom is 0.157 e. The first-order valence-corrected chi connectivity index (χ1v) is 6.96. The van der Waals surface area contributed by atoms with E-state index in [9.17, 15) is 0 Å². The molecular formula is C11H19N5S. The third-order valence-corrected chi connectivity index (χ3v) is 4.58. The van der Waals surface area contributed by atoms with E-state index in [0.29, 0.717) is 6.54 Å². The Morgan fingerprint density at radius 1 is 1.53 bits per heavy atom. The lowest BCUT2D eigenvalue weighted by molar-refractivity contribution is 0.407. The summed E-state index contributed by atoms with van der Waals surface area (Å²) in [4.78, 5) is 4.56. The molecule has 0 bridgehead atoms. The number of hydrogen-bond donors (Lipinski definition) is 1. The molecule has 2 heterocycles. The Morgan fingerprint density at radius 3 is 2.82 bits per heavy atom. The lowest BCUT2D eigenvalue weighted by atomic mass is 9.96. The van der Waals surface area contributed by atoms with E-state index in [1.54, 1.807) is 6.33 Å². The number of aliphatic imine (C=N–C) groups is 1. The van der Waals surface area contributed by atoms with Gasteiger partial charge in [-0.2, -0.15) is 0 Å². The van der Waals surface area contributed by atoms with E-state index in [0.717, 1.165) is 29.6 Å². The second kappa shape index (κ2) is 5.08. The van der Waals surface area contributed by atoms with Crippen LogP contribution in [0.3, 0.4) is 0 Å². The summed E-state index contributed by atoms with van der Waals surface area (Å²) in [5.41, 5.74) is 0.239. The van der Waals surface area contributed by atoms with Gasteiger partial charge >= 0.3 is 0 Å². The molecule has 0 spiro atoms. The quantitative estimate of drug-likeness (QED) is 0.885. The fraction of sp³-hybridized carbons (Fsp3) is 0.727. The normalized spacial score (nSPS) is 20.8. The summed E-state index contributed by atoms with van der Waals surface area (Å²) in [5.74, 6) is 2.00. The van der Waals surface area contributed by atoms with E-state index in [-0.39, 0.29) is 5.54 Å². The van der Waals surface area contributed by atoms with Crippen molar-refractivity contribution >= 4 is 16.9 Å². The highest BCUT2D eigenvalue weighted by Crippen LogP contribution is 2.28. The molecule has 1 aromatic rings. The van der Waals surface area contributed by atoms with Crippen LogP contribution in [0, 0.1) is 0 Å². The van der Waals surface area contributed by atoms with Crippen LogP contribution in [-0.2, 0) is 13.6 Å². The van der Waals surface area contributed by atoms with Crippen molar-refractivity contribution in [3.63, 3.8) is 0 Å². The van der Waals surface area contributed by atoms with Gasteiger partial charge in [-0.05, 0) is 12.8 Å². The zero-order valence-corrected chi connectivity index (χ0v) is 11.4. The fourth-order valence-corrected chi connectivity index (χ4v) is 3.15. The van der Waals surface area contributed by atoms with Gasteiger partial charge < -0.3 is 9.88 Å². The van der Waals surface area contributed by atoms with Crippen LogP contribution in [0.2, 0.25) is 0 Å². The molecule has 0 radical (unpaired) electrons. The van der Waals surface area contributed by atoms with Gasteiger partial charge in [-0.1, -0.05) is 25.6 Å². The van der Waals surface area contributed by atoms with Gasteiger partial charge in [0.05, 0.1) is 0 Å². The molecule has 1 N–H and O–H groups in total. The average Bonchev–Trinajstić information content (AvgIpc) is 2.94. The molecule has 1 aliphatic rings. The van der Waals surface area contributed by atoms with Crippen LogP contribution in [0.5, 0.6) is 0 Å². The second-order valence-electron chi connectivity index (χ2n) is 4.38. The average molecular weight is 253 g/mol. The molecule has 6 heteroatoms. The Bertz CT molecular complexity index is 408. The molecule has 0 atom stereocenters. The summed E-state index contributed by atoms with van der Waals surface area (Å²) < 4.78 is 1.90. The minimum Gasteiger partial charge on any atom is -0.359 e. The van der Waals surface area contributed by atoms with Crippen molar-refractivity contribution in [3.05, 3.63) is 12.2 Å². The summed E-state index contributed by atoms with van der Waals surface area (Å²) in [7, 11) is 1.94. The van der Waals surface area contributed by atoms with Crippen molar-refractivity contribution in [2.24, 2.45) is 12.0 Å². The molecular weight excluding hydrogens is 234 g/mol. The van der Waals surface area contributed by atoms with Gasteiger partial charge in [-0.15, -0.1) is 10.2 Å². The number of nitrogens with zero attached hydrogens (tertiary/aromatic N) is 4. The molecule has 0 unspecified atom stereocenters. The van der Waals surface area contributed by atoms with E-state index >= 15 is 0 Å². The summed E-state index contributed by atoms with van der Waals surface area (Å²) in [6, 6.07) is 0. The number of aromatic nitrogens is 3. The highest BCUT2D eigenvalue weighted by molar-refractivity contribution is 8.14. The van der Waals surface area contributed by atoms with E-state index < -0.39 is 0 Å². The van der Waals surface area contributed by atoms with Crippen LogP contribution in [0.15, 0.2) is 11.3 Å². The highest BCUT2D eigenvalue weighted by Gasteiger charge is 2.33. The lowest BCUT2D eigenvalue weighted by Gasteiger charge is -2.25. The predicted molar refractivity (Wildman–Crippen MR) is 71.0 cm³/mol. The first kappa shape index (κ1) is 12.4. The summed E-state index contributed by atoms with van der Waals surface area (Å²) in [6.45, 7) is 5.04. The number of nitrogens with one attached hydrogen (secondary N) is 1. The number of rotatable bonds is 4. The number of amidine groups is 1. The van der Waals surface area contributed by atoms with Gasteiger partial charge in [-0.3, -0.25) is 4.99 Å². The zero-order chi connectivity index (χ0) is 12.3. The van der Waals surface area contributed by atoms with Gasteiger partial charge in [0.15, 0.2) is 11.0 Å². The van der Waals surface area contributed by atoms with Crippen molar-refractivity contribution in [2.75, 3.05) is 5.75 Å². The van der Waals surface area contributed by atoms with Crippen molar-refractivity contribution in [2.45, 2.75) is 38.8 Å². The molecule has 0 amide bonds. The Morgan fingerprint density at radius 2 is 2.29 bits per heavy atom. The van der Waals surface area contributed by atoms with Crippen molar-refractivity contribution in [1.82, 2.24) is 20.1 Å². The van der Waals surface area contributed by atoms with E-state index in [1.165, 1.54) is 0 Å². The van der Waals surface area contributed by atoms with Crippen LogP contribution in [0.4, 0.5) is 0 Å². The van der Waals surface area contributed by atoms with Crippen molar-refractivity contribution < 1.29 is 0 Å². The van der Waals surface area contributed by atoms with E-state index in [4.69, 9.17) is 0 Å². The van der Waals surface area contributed by atoms with Crippen LogP contribution < -0.4 is 5.32 Å². The zero-order valence-electron chi connectivity index (χ0n) is 10.6. The summed E-state index contributed by atoms with van der Waals surface area (Å²) >= 11 is 1.81. The number of hydrogen-bond acceptors (Lipinski definition) is 4. The molecule has 1 aliphatic heterocycles. The van der Waals surface area contributed by atoms with Gasteiger partial charge in [0.2, 0.25) is 0 Å². The summed E-state index contributed by atoms with van der Waals surface area (Å²) in [6.07, 6.45) is 3.98. The van der Waals surface area contributed by atoms with Crippen LogP contribution in [-0.4, -0.2) is 31.2 Å². The maximum absolute atomic E-state index is 4.56. The Kier molecular flexibility index (Phi) is 3.71. The first-order valence-electron chi connectivity index (χ1n) is 5.97. The molecule has 1 aromatic heterocycles. The topological polar surface area (TPSA) is 55.1 Å². The lowest BCUT2D eigenvalue weighted by Crippen LogP contribution is -2.42. The van der Waals surface area contributed by atoms with Gasteiger partial charge in [-0.25, -0.2) is 0 Å². The monoisotopic (exact) mass is 253 g/mol. The van der Waals surface area contributed by atoms with Gasteiger partial charge in [0.25, 0.3) is 0 Å². The third-order valence-electron chi connectivity index (χ3n) is 3.38. The molecule has 0 aliphatic carbocycles. The SMILES string of the molecule is CCC1(CC)CSC(=NCc2nncn2C)N1. The molecule has 1 saturated heterocycles. The van der Waals surface area contributed by atoms with Gasteiger partial charge in [0, 0.05) is 18.3 Å². The van der Waals surface area contributed by atoms with E-state index in [2.05, 4.69) is 34.4 Å². The van der Waals surface area contributed by atoms with Crippen molar-refractivity contribution in [1.29, 1.82) is 0 Å². The smallest absolute Gasteiger partial charge is 0.157 e. The molecule has 17 heavy (non-hydrogen) atoms. The van der Waals surface area contributed by atoms with Crippen LogP contribution in [0.25, 0.3) is 0 Å². The minimum atomic E-state index is 0.239. The number of thioether (sulfide) groups is 1. The number of aryl methyl sites for hydroxylation is 1. The van der Waals surface area contributed by atoms with Crippen LogP contribution >= 0.6 is 11.8 Å². The second-order valence-corrected chi connectivity index (χ2v) is 5.34. The Hall–Kier alpha value is -1.04. The largest absolute Gasteiger partial charge is 0.359 e. The minimum absolute atomic E-state index is 0.239. The molecule has 2 rings (SSSR count).